The Kier molecular flexibility index (Phi) is 1.99. The molecule has 0 spiro atoms. The van der Waals surface area contributed by atoms with E-state index >= 15 is 0 Å². The molecule has 0 N–H and O–H groups in total. The molecule has 0 radical (unpaired) electrons. The fraction of sp³-hybridized carbons (Fsp3) is 1.00. The summed E-state index contributed by atoms with van der Waals surface area (Å²) in [7, 11) is -0.670. The Hall–Kier alpha value is 0.217. The Labute approximate surface area is 59.7 Å². The van der Waals surface area contributed by atoms with Crippen LogP contribution in [0.1, 0.15) is 26.2 Å². The zero-order valence-corrected chi connectivity index (χ0v) is 7.91. The van der Waals surface area contributed by atoms with Gasteiger partial charge in [-0.15, -0.1) is 0 Å². The van der Waals surface area contributed by atoms with Crippen molar-refractivity contribution < 1.29 is 0 Å². The predicted octanol–water partition coefficient (Wildman–Crippen LogP) is 3.27. The van der Waals surface area contributed by atoms with Gasteiger partial charge in [0.25, 0.3) is 0 Å². The summed E-state index contributed by atoms with van der Waals surface area (Å²) in [6.45, 7) is 7.45. The van der Waals surface area contributed by atoms with Crippen LogP contribution in [-0.2, 0) is 0 Å². The van der Waals surface area contributed by atoms with Crippen molar-refractivity contribution in [1.82, 2.24) is 0 Å². The van der Waals surface area contributed by atoms with Crippen LogP contribution in [0, 0.1) is 0 Å². The summed E-state index contributed by atoms with van der Waals surface area (Å²) in [5, 5.41) is 0. The molecule has 54 valence electrons. The lowest BCUT2D eigenvalue weighted by Crippen LogP contribution is -2.25. The SMILES string of the molecule is CCC1CCC[Si]1(C)C. The minimum atomic E-state index is -0.670. The average Bonchev–Trinajstić information content (AvgIpc) is 2.08. The molecule has 1 aliphatic rings. The summed E-state index contributed by atoms with van der Waals surface area (Å²) in [5.41, 5.74) is 1.15. The molecular formula is C8H18Si. The van der Waals surface area contributed by atoms with Crippen LogP contribution < -0.4 is 0 Å². The molecule has 1 heteroatoms. The molecule has 0 aromatic rings. The largest absolute Gasteiger partial charge is 0.0691 e. The lowest BCUT2D eigenvalue weighted by molar-refractivity contribution is 0.733. The van der Waals surface area contributed by atoms with Crippen LogP contribution >= 0.6 is 0 Å². The molecule has 0 aromatic heterocycles. The van der Waals surface area contributed by atoms with Crippen molar-refractivity contribution in [2.45, 2.75) is 50.9 Å². The van der Waals surface area contributed by atoms with Crippen LogP contribution in [0.15, 0.2) is 0 Å². The second-order valence-electron chi connectivity index (χ2n) is 3.99. The highest BCUT2D eigenvalue weighted by atomic mass is 28.3. The second kappa shape index (κ2) is 2.45. The van der Waals surface area contributed by atoms with Gasteiger partial charge in [0.1, 0.15) is 0 Å². The van der Waals surface area contributed by atoms with Gasteiger partial charge in [0.15, 0.2) is 0 Å². The third-order valence-electron chi connectivity index (χ3n) is 2.97. The van der Waals surface area contributed by atoms with Crippen LogP contribution in [0.5, 0.6) is 0 Å². The van der Waals surface area contributed by atoms with Crippen molar-refractivity contribution in [3.05, 3.63) is 0 Å². The first-order chi connectivity index (χ1) is 4.17. The maximum Gasteiger partial charge on any atom is 0.0504 e. The van der Waals surface area contributed by atoms with Crippen LogP contribution in [0.4, 0.5) is 0 Å². The Bertz CT molecular complexity index is 96.7. The summed E-state index contributed by atoms with van der Waals surface area (Å²) in [4.78, 5) is 0. The van der Waals surface area contributed by atoms with E-state index in [1.54, 1.807) is 6.04 Å². The average molecular weight is 142 g/mol. The predicted molar refractivity (Wildman–Crippen MR) is 45.6 cm³/mol. The van der Waals surface area contributed by atoms with Gasteiger partial charge in [-0.1, -0.05) is 45.3 Å². The van der Waals surface area contributed by atoms with E-state index in [2.05, 4.69) is 20.0 Å². The van der Waals surface area contributed by atoms with Crippen LogP contribution in [0.25, 0.3) is 0 Å². The smallest absolute Gasteiger partial charge is 0.0504 e. The van der Waals surface area contributed by atoms with Crippen LogP contribution in [0.2, 0.25) is 24.7 Å². The van der Waals surface area contributed by atoms with Crippen molar-refractivity contribution in [3.8, 4) is 0 Å². The van der Waals surface area contributed by atoms with E-state index in [1.165, 1.54) is 19.3 Å². The van der Waals surface area contributed by atoms with E-state index in [-0.39, 0.29) is 0 Å². The van der Waals surface area contributed by atoms with E-state index < -0.39 is 8.07 Å². The lowest BCUT2D eigenvalue weighted by Gasteiger charge is -2.22. The van der Waals surface area contributed by atoms with Gasteiger partial charge in [-0.2, -0.15) is 0 Å². The highest BCUT2D eigenvalue weighted by Crippen LogP contribution is 2.41. The van der Waals surface area contributed by atoms with Crippen molar-refractivity contribution in [2.75, 3.05) is 0 Å². The van der Waals surface area contributed by atoms with Gasteiger partial charge in [-0.3, -0.25) is 0 Å². The number of hydrogen-bond donors (Lipinski definition) is 0. The molecule has 1 unspecified atom stereocenters. The van der Waals surface area contributed by atoms with Gasteiger partial charge >= 0.3 is 0 Å². The molecule has 1 fully saturated rings. The van der Waals surface area contributed by atoms with Crippen molar-refractivity contribution in [3.63, 3.8) is 0 Å². The van der Waals surface area contributed by atoms with Gasteiger partial charge in [0, 0.05) is 0 Å². The first kappa shape index (κ1) is 7.33. The fourth-order valence-electron chi connectivity index (χ4n) is 2.16. The van der Waals surface area contributed by atoms with Crippen molar-refractivity contribution >= 4 is 8.07 Å². The third kappa shape index (κ3) is 1.37. The normalized spacial score (nSPS) is 33.0. The van der Waals surface area contributed by atoms with Crippen molar-refractivity contribution in [2.24, 2.45) is 0 Å². The molecular weight excluding hydrogens is 124 g/mol. The maximum atomic E-state index is 2.55. The first-order valence-corrected chi connectivity index (χ1v) is 7.45. The summed E-state index contributed by atoms with van der Waals surface area (Å²) in [6, 6.07) is 1.59. The zero-order chi connectivity index (χ0) is 6.91. The molecule has 0 bridgehead atoms. The number of hydrogen-bond acceptors (Lipinski definition) is 0. The highest BCUT2D eigenvalue weighted by molar-refractivity contribution is 6.79. The third-order valence-corrected chi connectivity index (χ3v) is 7.52. The van der Waals surface area contributed by atoms with Crippen LogP contribution in [0.3, 0.4) is 0 Å². The van der Waals surface area contributed by atoms with Gasteiger partial charge < -0.3 is 0 Å². The minimum absolute atomic E-state index is 0.670. The zero-order valence-electron chi connectivity index (χ0n) is 6.91. The summed E-state index contributed by atoms with van der Waals surface area (Å²) in [6.07, 6.45) is 4.51. The molecule has 9 heavy (non-hydrogen) atoms. The summed E-state index contributed by atoms with van der Waals surface area (Å²) in [5.74, 6) is 0. The molecule has 0 saturated carbocycles. The molecule has 0 nitrogen and oxygen atoms in total. The summed E-state index contributed by atoms with van der Waals surface area (Å²) < 4.78 is 0. The Morgan fingerprint density at radius 1 is 1.44 bits per heavy atom. The highest BCUT2D eigenvalue weighted by Gasteiger charge is 2.34. The van der Waals surface area contributed by atoms with E-state index in [1.807, 2.05) is 0 Å². The summed E-state index contributed by atoms with van der Waals surface area (Å²) >= 11 is 0. The molecule has 0 amide bonds. The molecule has 0 aliphatic carbocycles. The standard InChI is InChI=1S/C8H18Si/c1-4-8-6-5-7-9(8,2)3/h8H,4-7H2,1-3H3. The molecule has 1 saturated heterocycles. The van der Waals surface area contributed by atoms with E-state index in [0.717, 1.165) is 5.54 Å². The van der Waals surface area contributed by atoms with E-state index in [0.29, 0.717) is 0 Å². The Morgan fingerprint density at radius 3 is 2.33 bits per heavy atom. The van der Waals surface area contributed by atoms with Gasteiger partial charge in [-0.05, 0) is 5.54 Å². The van der Waals surface area contributed by atoms with Crippen molar-refractivity contribution in [1.29, 1.82) is 0 Å². The van der Waals surface area contributed by atoms with E-state index in [4.69, 9.17) is 0 Å². The van der Waals surface area contributed by atoms with Gasteiger partial charge in [0.2, 0.25) is 0 Å². The fourth-order valence-corrected chi connectivity index (χ4v) is 5.77. The molecule has 1 aliphatic heterocycles. The van der Waals surface area contributed by atoms with Crippen LogP contribution in [-0.4, -0.2) is 8.07 Å². The Balaban J connectivity index is 2.52. The first-order valence-electron chi connectivity index (χ1n) is 4.17. The monoisotopic (exact) mass is 142 g/mol. The molecule has 1 heterocycles. The topological polar surface area (TPSA) is 0 Å². The maximum absolute atomic E-state index is 2.55. The van der Waals surface area contributed by atoms with Gasteiger partial charge in [0.05, 0.1) is 8.07 Å². The molecule has 1 rings (SSSR count). The van der Waals surface area contributed by atoms with Gasteiger partial charge in [-0.25, -0.2) is 0 Å². The van der Waals surface area contributed by atoms with E-state index in [9.17, 15) is 0 Å². The second-order valence-corrected chi connectivity index (χ2v) is 9.28. The molecule has 0 aromatic carbocycles. The Morgan fingerprint density at radius 2 is 2.11 bits per heavy atom. The molecule has 1 atom stereocenters. The number of rotatable bonds is 1. The quantitative estimate of drug-likeness (QED) is 0.493. The lowest BCUT2D eigenvalue weighted by atomic mass is 10.2. The minimum Gasteiger partial charge on any atom is -0.0691 e.